The monoisotopic (exact) mass is 369 g/mol. The Bertz CT molecular complexity index is 1180. The largest absolute Gasteiger partial charge is 0.422 e. The Hall–Kier alpha value is -2.93. The first-order valence-electron chi connectivity index (χ1n) is 8.11. The SMILES string of the molecule is O=C(NC1CCS(=O)(=O)c2ccccc21)c1cc2ccccc2oc1=O. The van der Waals surface area contributed by atoms with E-state index in [9.17, 15) is 18.0 Å². The van der Waals surface area contributed by atoms with Gasteiger partial charge in [-0.15, -0.1) is 0 Å². The number of amides is 1. The molecule has 4 rings (SSSR count). The van der Waals surface area contributed by atoms with Gasteiger partial charge in [-0.25, -0.2) is 13.2 Å². The van der Waals surface area contributed by atoms with Crippen molar-refractivity contribution in [2.24, 2.45) is 0 Å². The van der Waals surface area contributed by atoms with Crippen molar-refractivity contribution in [3.63, 3.8) is 0 Å². The van der Waals surface area contributed by atoms with Crippen LogP contribution in [0.4, 0.5) is 0 Å². The number of carbonyl (C=O) groups is 1. The molecule has 0 aliphatic carbocycles. The summed E-state index contributed by atoms with van der Waals surface area (Å²) in [6, 6.07) is 14.5. The number of sulfone groups is 1. The average Bonchev–Trinajstić information content (AvgIpc) is 2.63. The standard InChI is InChI=1S/C19H15NO5S/c21-18(14-11-12-5-1-3-7-16(12)25-19(14)22)20-15-9-10-26(23,24)17-8-4-2-6-13(15)17/h1-8,11,15H,9-10H2,(H,20,21). The lowest BCUT2D eigenvalue weighted by molar-refractivity contribution is 0.0931. The zero-order valence-corrected chi connectivity index (χ0v) is 14.5. The second kappa shape index (κ2) is 6.10. The molecule has 0 bridgehead atoms. The average molecular weight is 369 g/mol. The van der Waals surface area contributed by atoms with Crippen LogP contribution in [0.5, 0.6) is 0 Å². The van der Waals surface area contributed by atoms with Gasteiger partial charge in [-0.1, -0.05) is 36.4 Å². The van der Waals surface area contributed by atoms with Crippen LogP contribution in [-0.4, -0.2) is 20.1 Å². The van der Waals surface area contributed by atoms with E-state index in [4.69, 9.17) is 4.42 Å². The highest BCUT2D eigenvalue weighted by atomic mass is 32.2. The third-order valence-corrected chi connectivity index (χ3v) is 6.31. The molecule has 7 heteroatoms. The van der Waals surface area contributed by atoms with Gasteiger partial charge in [0, 0.05) is 5.39 Å². The molecule has 2 aromatic carbocycles. The number of para-hydroxylation sites is 1. The molecule has 0 fully saturated rings. The molecule has 0 saturated carbocycles. The van der Waals surface area contributed by atoms with E-state index in [1.807, 2.05) is 0 Å². The number of fused-ring (bicyclic) bond motifs is 2. The van der Waals surface area contributed by atoms with Gasteiger partial charge in [-0.05, 0) is 30.2 Å². The maximum absolute atomic E-state index is 12.6. The lowest BCUT2D eigenvalue weighted by atomic mass is 10.0. The van der Waals surface area contributed by atoms with Crippen molar-refractivity contribution in [1.29, 1.82) is 0 Å². The second-order valence-corrected chi connectivity index (χ2v) is 8.23. The van der Waals surface area contributed by atoms with E-state index in [1.165, 1.54) is 12.1 Å². The topological polar surface area (TPSA) is 93.4 Å². The number of carbonyl (C=O) groups excluding carboxylic acids is 1. The highest BCUT2D eigenvalue weighted by Gasteiger charge is 2.31. The normalized spacial score (nSPS) is 18.2. The Morgan fingerprint density at radius 2 is 1.81 bits per heavy atom. The summed E-state index contributed by atoms with van der Waals surface area (Å²) in [4.78, 5) is 25.0. The van der Waals surface area contributed by atoms with Crippen molar-refractivity contribution in [3.8, 4) is 0 Å². The van der Waals surface area contributed by atoms with Crippen LogP contribution in [0.1, 0.15) is 28.4 Å². The fourth-order valence-corrected chi connectivity index (χ4v) is 4.82. The van der Waals surface area contributed by atoms with Crippen molar-refractivity contribution in [2.45, 2.75) is 17.4 Å². The molecule has 0 spiro atoms. The fraction of sp³-hybridized carbons (Fsp3) is 0.158. The molecule has 1 amide bonds. The van der Waals surface area contributed by atoms with E-state index >= 15 is 0 Å². The molecule has 0 radical (unpaired) electrons. The van der Waals surface area contributed by atoms with Crippen LogP contribution >= 0.6 is 0 Å². The fourth-order valence-electron chi connectivity index (χ4n) is 3.20. The molecule has 1 atom stereocenters. The summed E-state index contributed by atoms with van der Waals surface area (Å²) in [5.41, 5.74) is 0.118. The summed E-state index contributed by atoms with van der Waals surface area (Å²) in [6.45, 7) is 0. The van der Waals surface area contributed by atoms with Gasteiger partial charge in [0.15, 0.2) is 9.84 Å². The van der Waals surface area contributed by atoms with Gasteiger partial charge >= 0.3 is 5.63 Å². The molecule has 1 aromatic heterocycles. The van der Waals surface area contributed by atoms with Crippen LogP contribution in [0.2, 0.25) is 0 Å². The van der Waals surface area contributed by atoms with Crippen LogP contribution in [0, 0.1) is 0 Å². The van der Waals surface area contributed by atoms with Gasteiger partial charge < -0.3 is 9.73 Å². The van der Waals surface area contributed by atoms with Crippen molar-refractivity contribution >= 4 is 26.7 Å². The molecule has 1 aliphatic rings. The maximum Gasteiger partial charge on any atom is 0.349 e. The van der Waals surface area contributed by atoms with E-state index in [-0.39, 0.29) is 22.6 Å². The van der Waals surface area contributed by atoms with Crippen LogP contribution in [0.25, 0.3) is 11.0 Å². The van der Waals surface area contributed by atoms with Crippen molar-refractivity contribution in [3.05, 3.63) is 76.1 Å². The van der Waals surface area contributed by atoms with Crippen molar-refractivity contribution in [2.75, 3.05) is 5.75 Å². The second-order valence-electron chi connectivity index (χ2n) is 6.16. The van der Waals surface area contributed by atoms with Crippen LogP contribution in [-0.2, 0) is 9.84 Å². The lowest BCUT2D eigenvalue weighted by Gasteiger charge is -2.26. The first-order valence-corrected chi connectivity index (χ1v) is 9.76. The molecule has 2 heterocycles. The lowest BCUT2D eigenvalue weighted by Crippen LogP contribution is -2.35. The summed E-state index contributed by atoms with van der Waals surface area (Å²) in [5, 5.41) is 3.41. The predicted octanol–water partition coefficient (Wildman–Crippen LogP) is 2.44. The molecular weight excluding hydrogens is 354 g/mol. The molecule has 26 heavy (non-hydrogen) atoms. The minimum Gasteiger partial charge on any atom is -0.422 e. The Balaban J connectivity index is 1.69. The quantitative estimate of drug-likeness (QED) is 0.700. The predicted molar refractivity (Wildman–Crippen MR) is 95.8 cm³/mol. The summed E-state index contributed by atoms with van der Waals surface area (Å²) in [5.74, 6) is -0.634. The number of nitrogens with one attached hydrogen (secondary N) is 1. The maximum atomic E-state index is 12.6. The molecule has 3 aromatic rings. The number of hydrogen-bond acceptors (Lipinski definition) is 5. The molecule has 1 aliphatic heterocycles. The Kier molecular flexibility index (Phi) is 3.88. The van der Waals surface area contributed by atoms with E-state index < -0.39 is 27.4 Å². The molecular formula is C19H15NO5S. The van der Waals surface area contributed by atoms with Gasteiger partial charge in [0.25, 0.3) is 5.91 Å². The van der Waals surface area contributed by atoms with Crippen molar-refractivity contribution in [1.82, 2.24) is 5.32 Å². The molecule has 132 valence electrons. The number of benzene rings is 2. The Morgan fingerprint density at radius 3 is 2.65 bits per heavy atom. The smallest absolute Gasteiger partial charge is 0.349 e. The van der Waals surface area contributed by atoms with Crippen LogP contribution in [0.3, 0.4) is 0 Å². The molecule has 0 saturated heterocycles. The van der Waals surface area contributed by atoms with Crippen LogP contribution in [0.15, 0.2) is 68.7 Å². The number of rotatable bonds is 2. The van der Waals surface area contributed by atoms with E-state index in [2.05, 4.69) is 5.32 Å². The minimum atomic E-state index is -3.34. The highest BCUT2D eigenvalue weighted by molar-refractivity contribution is 7.91. The zero-order valence-electron chi connectivity index (χ0n) is 13.6. The first-order chi connectivity index (χ1) is 12.5. The Labute approximate surface area is 149 Å². The summed E-state index contributed by atoms with van der Waals surface area (Å²) < 4.78 is 29.6. The summed E-state index contributed by atoms with van der Waals surface area (Å²) in [6.07, 6.45) is 0.254. The summed E-state index contributed by atoms with van der Waals surface area (Å²) in [7, 11) is -3.34. The van der Waals surface area contributed by atoms with E-state index in [0.717, 1.165) is 0 Å². The molecule has 1 N–H and O–H groups in total. The van der Waals surface area contributed by atoms with Gasteiger partial charge in [-0.3, -0.25) is 4.79 Å². The third kappa shape index (κ3) is 2.80. The third-order valence-electron chi connectivity index (χ3n) is 4.50. The highest BCUT2D eigenvalue weighted by Crippen LogP contribution is 2.32. The van der Waals surface area contributed by atoms with Gasteiger partial charge in [-0.2, -0.15) is 0 Å². The molecule has 6 nitrogen and oxygen atoms in total. The first kappa shape index (κ1) is 16.5. The summed E-state index contributed by atoms with van der Waals surface area (Å²) >= 11 is 0. The van der Waals surface area contributed by atoms with E-state index in [1.54, 1.807) is 42.5 Å². The Morgan fingerprint density at radius 1 is 1.08 bits per heavy atom. The van der Waals surface area contributed by atoms with Gasteiger partial charge in [0.05, 0.1) is 16.7 Å². The van der Waals surface area contributed by atoms with Crippen molar-refractivity contribution < 1.29 is 17.6 Å². The van der Waals surface area contributed by atoms with E-state index in [0.29, 0.717) is 16.5 Å². The molecule has 1 unspecified atom stereocenters. The number of hydrogen-bond donors (Lipinski definition) is 1. The van der Waals surface area contributed by atoms with Gasteiger partial charge in [0.2, 0.25) is 0 Å². The van der Waals surface area contributed by atoms with Crippen LogP contribution < -0.4 is 10.9 Å². The minimum absolute atomic E-state index is 0.0543. The van der Waals surface area contributed by atoms with Gasteiger partial charge in [0.1, 0.15) is 11.1 Å². The zero-order chi connectivity index (χ0) is 18.3.